The summed E-state index contributed by atoms with van der Waals surface area (Å²) in [5, 5.41) is 3.03. The second-order valence-corrected chi connectivity index (χ2v) is 6.36. The van der Waals surface area contributed by atoms with E-state index in [0.717, 1.165) is 25.2 Å². The third-order valence-corrected chi connectivity index (χ3v) is 4.40. The van der Waals surface area contributed by atoms with Crippen molar-refractivity contribution in [2.75, 3.05) is 18.9 Å². The van der Waals surface area contributed by atoms with Gasteiger partial charge in [-0.3, -0.25) is 4.79 Å². The monoisotopic (exact) mass is 344 g/mol. The lowest BCUT2D eigenvalue weighted by Gasteiger charge is -2.16. The first kappa shape index (κ1) is 18.5. The van der Waals surface area contributed by atoms with E-state index < -0.39 is 0 Å². The first-order valence-electron chi connectivity index (χ1n) is 8.35. The van der Waals surface area contributed by atoms with Gasteiger partial charge in [-0.25, -0.2) is 0 Å². The van der Waals surface area contributed by atoms with Crippen molar-refractivity contribution in [2.45, 2.75) is 32.2 Å². The van der Waals surface area contributed by atoms with Crippen molar-refractivity contribution in [3.05, 3.63) is 65.2 Å². The minimum absolute atomic E-state index is 0. The van der Waals surface area contributed by atoms with E-state index in [1.807, 2.05) is 24.3 Å². The van der Waals surface area contributed by atoms with E-state index >= 15 is 0 Å². The van der Waals surface area contributed by atoms with Crippen molar-refractivity contribution >= 4 is 24.0 Å². The van der Waals surface area contributed by atoms with Gasteiger partial charge in [0.1, 0.15) is 0 Å². The maximum atomic E-state index is 12.1. The number of amides is 1. The van der Waals surface area contributed by atoms with Crippen LogP contribution >= 0.6 is 12.4 Å². The van der Waals surface area contributed by atoms with E-state index in [9.17, 15) is 4.79 Å². The lowest BCUT2D eigenvalue weighted by atomic mass is 10.1. The van der Waals surface area contributed by atoms with Crippen LogP contribution in [0.4, 0.5) is 5.69 Å². The Morgan fingerprint density at radius 1 is 1.08 bits per heavy atom. The fourth-order valence-corrected chi connectivity index (χ4v) is 3.14. The molecular weight excluding hydrogens is 320 g/mol. The Bertz CT molecular complexity index is 673. The Balaban J connectivity index is 0.00000208. The number of hydrogen-bond donors (Lipinski definition) is 1. The summed E-state index contributed by atoms with van der Waals surface area (Å²) >= 11 is 0. The summed E-state index contributed by atoms with van der Waals surface area (Å²) in [7, 11) is 2.05. The maximum absolute atomic E-state index is 12.1. The molecule has 4 heteroatoms. The van der Waals surface area contributed by atoms with Gasteiger partial charge in [0.2, 0.25) is 5.91 Å². The summed E-state index contributed by atoms with van der Waals surface area (Å²) in [6.07, 6.45) is 4.06. The number of fused-ring (bicyclic) bond motifs is 1. The molecule has 0 bridgehead atoms. The summed E-state index contributed by atoms with van der Waals surface area (Å²) < 4.78 is 0. The molecule has 0 aromatic heterocycles. The number of nitrogens with zero attached hydrogens (tertiary/aromatic N) is 1. The van der Waals surface area contributed by atoms with Crippen LogP contribution in [0.2, 0.25) is 0 Å². The van der Waals surface area contributed by atoms with Crippen LogP contribution < -0.4 is 5.32 Å². The number of benzene rings is 2. The molecule has 24 heavy (non-hydrogen) atoms. The molecule has 0 saturated carbocycles. The zero-order chi connectivity index (χ0) is 16.1. The van der Waals surface area contributed by atoms with E-state index in [-0.39, 0.29) is 18.3 Å². The molecule has 1 aliphatic rings. The van der Waals surface area contributed by atoms with E-state index in [4.69, 9.17) is 0 Å². The molecule has 128 valence electrons. The van der Waals surface area contributed by atoms with Gasteiger partial charge in [-0.05, 0) is 55.1 Å². The standard InChI is InChI=1S/C20H24N2O.ClH/c1-22(15-16-6-3-2-4-7-16)13-12-20(23)21-19-11-10-17-8-5-9-18(17)14-19;/h2-4,6-7,10-11,14H,5,8-9,12-13,15H2,1H3,(H,21,23);1H. The zero-order valence-electron chi connectivity index (χ0n) is 14.1. The smallest absolute Gasteiger partial charge is 0.225 e. The Morgan fingerprint density at radius 2 is 1.83 bits per heavy atom. The van der Waals surface area contributed by atoms with Crippen molar-refractivity contribution in [2.24, 2.45) is 0 Å². The first-order chi connectivity index (χ1) is 11.2. The zero-order valence-corrected chi connectivity index (χ0v) is 14.9. The number of anilines is 1. The lowest BCUT2D eigenvalue weighted by Crippen LogP contribution is -2.24. The normalized spacial score (nSPS) is 12.6. The molecule has 3 rings (SSSR count). The number of hydrogen-bond acceptors (Lipinski definition) is 2. The molecule has 0 aliphatic heterocycles. The van der Waals surface area contributed by atoms with Crippen molar-refractivity contribution in [1.29, 1.82) is 0 Å². The van der Waals surface area contributed by atoms with Crippen molar-refractivity contribution in [1.82, 2.24) is 4.90 Å². The van der Waals surface area contributed by atoms with Crippen molar-refractivity contribution < 1.29 is 4.79 Å². The molecule has 0 heterocycles. The molecule has 0 unspecified atom stereocenters. The first-order valence-corrected chi connectivity index (χ1v) is 8.35. The summed E-state index contributed by atoms with van der Waals surface area (Å²) in [4.78, 5) is 14.3. The number of halogens is 1. The van der Waals surface area contributed by atoms with Gasteiger partial charge in [-0.15, -0.1) is 12.4 Å². The molecule has 0 fully saturated rings. The van der Waals surface area contributed by atoms with Crippen LogP contribution in [0.5, 0.6) is 0 Å². The van der Waals surface area contributed by atoms with Gasteiger partial charge in [0.05, 0.1) is 0 Å². The molecular formula is C20H25ClN2O. The SMILES string of the molecule is CN(CCC(=O)Nc1ccc2c(c1)CCC2)Cc1ccccc1.Cl. The van der Waals surface area contributed by atoms with Gasteiger partial charge >= 0.3 is 0 Å². The maximum Gasteiger partial charge on any atom is 0.225 e. The van der Waals surface area contributed by atoms with Crippen LogP contribution in [-0.2, 0) is 24.2 Å². The third kappa shape index (κ3) is 5.08. The molecule has 2 aromatic carbocycles. The number of aryl methyl sites for hydroxylation is 2. The minimum Gasteiger partial charge on any atom is -0.326 e. The van der Waals surface area contributed by atoms with Gasteiger partial charge in [0.25, 0.3) is 0 Å². The molecule has 3 nitrogen and oxygen atoms in total. The van der Waals surface area contributed by atoms with E-state index in [1.54, 1.807) is 0 Å². The molecule has 1 N–H and O–H groups in total. The van der Waals surface area contributed by atoms with Crippen molar-refractivity contribution in [3.8, 4) is 0 Å². The Hall–Kier alpha value is -1.84. The highest BCUT2D eigenvalue weighted by molar-refractivity contribution is 5.91. The molecule has 0 spiro atoms. The van der Waals surface area contributed by atoms with Crippen LogP contribution in [0, 0.1) is 0 Å². The molecule has 0 atom stereocenters. The van der Waals surface area contributed by atoms with Crippen LogP contribution in [0.3, 0.4) is 0 Å². The van der Waals surface area contributed by atoms with Gasteiger partial charge < -0.3 is 10.2 Å². The third-order valence-electron chi connectivity index (χ3n) is 4.40. The number of nitrogens with one attached hydrogen (secondary N) is 1. The van der Waals surface area contributed by atoms with Gasteiger partial charge in [0.15, 0.2) is 0 Å². The summed E-state index contributed by atoms with van der Waals surface area (Å²) in [6, 6.07) is 16.6. The topological polar surface area (TPSA) is 32.3 Å². The predicted molar refractivity (Wildman–Crippen MR) is 102 cm³/mol. The van der Waals surface area contributed by atoms with Crippen LogP contribution in [-0.4, -0.2) is 24.4 Å². The van der Waals surface area contributed by atoms with Crippen LogP contribution in [0.1, 0.15) is 29.5 Å². The van der Waals surface area contributed by atoms with E-state index in [1.165, 1.54) is 29.5 Å². The predicted octanol–water partition coefficient (Wildman–Crippen LogP) is 4.06. The van der Waals surface area contributed by atoms with Gasteiger partial charge in [-0.1, -0.05) is 36.4 Å². The minimum atomic E-state index is 0. The Labute approximate surface area is 150 Å². The molecule has 0 saturated heterocycles. The lowest BCUT2D eigenvalue weighted by molar-refractivity contribution is -0.116. The highest BCUT2D eigenvalue weighted by Gasteiger charge is 2.12. The van der Waals surface area contributed by atoms with Crippen LogP contribution in [0.25, 0.3) is 0 Å². The largest absolute Gasteiger partial charge is 0.326 e. The molecule has 1 amide bonds. The Kier molecular flexibility index (Phi) is 6.83. The molecule has 1 aliphatic carbocycles. The second-order valence-electron chi connectivity index (χ2n) is 6.36. The fourth-order valence-electron chi connectivity index (χ4n) is 3.14. The quantitative estimate of drug-likeness (QED) is 0.857. The average molecular weight is 345 g/mol. The van der Waals surface area contributed by atoms with Crippen LogP contribution in [0.15, 0.2) is 48.5 Å². The summed E-state index contributed by atoms with van der Waals surface area (Å²) in [5.74, 6) is 0.0860. The average Bonchev–Trinajstić information content (AvgIpc) is 3.01. The van der Waals surface area contributed by atoms with E-state index in [2.05, 4.69) is 41.5 Å². The highest BCUT2D eigenvalue weighted by Crippen LogP contribution is 2.24. The van der Waals surface area contributed by atoms with Gasteiger partial charge in [0, 0.05) is 25.2 Å². The number of carbonyl (C=O) groups is 1. The fraction of sp³-hybridized carbons (Fsp3) is 0.350. The molecule has 2 aromatic rings. The molecule has 0 radical (unpaired) electrons. The Morgan fingerprint density at radius 3 is 2.62 bits per heavy atom. The van der Waals surface area contributed by atoms with Crippen molar-refractivity contribution in [3.63, 3.8) is 0 Å². The highest BCUT2D eigenvalue weighted by atomic mass is 35.5. The van der Waals surface area contributed by atoms with Gasteiger partial charge in [-0.2, -0.15) is 0 Å². The second kappa shape index (κ2) is 8.86. The van der Waals surface area contributed by atoms with E-state index in [0.29, 0.717) is 6.42 Å². The number of carbonyl (C=O) groups excluding carboxylic acids is 1. The summed E-state index contributed by atoms with van der Waals surface area (Å²) in [6.45, 7) is 1.62. The number of rotatable bonds is 6. The summed E-state index contributed by atoms with van der Waals surface area (Å²) in [5.41, 5.74) is 5.03.